The van der Waals surface area contributed by atoms with Gasteiger partial charge in [-0.05, 0) is 12.8 Å². The predicted molar refractivity (Wildman–Crippen MR) is 199 cm³/mol. The number of aliphatic hydroxyl groups is 3. The summed E-state index contributed by atoms with van der Waals surface area (Å²) < 4.78 is 0. The molecule has 0 aliphatic heterocycles. The number of aliphatic hydroxyl groups excluding tert-OH is 3. The van der Waals surface area contributed by atoms with Gasteiger partial charge in [0.1, 0.15) is 6.10 Å². The van der Waals surface area contributed by atoms with Crippen molar-refractivity contribution in [1.82, 2.24) is 5.32 Å². The Balaban J connectivity index is 3.59. The van der Waals surface area contributed by atoms with Crippen LogP contribution in [0.15, 0.2) is 0 Å². The molecular formula is C41H83NO4. The minimum atomic E-state index is -1.07. The fraction of sp³-hybridized carbons (Fsp3) is 0.976. The minimum Gasteiger partial charge on any atom is -0.394 e. The molecule has 1 amide bonds. The molecule has 0 aromatic rings. The van der Waals surface area contributed by atoms with Crippen LogP contribution in [0.25, 0.3) is 0 Å². The first-order valence-electron chi connectivity index (χ1n) is 20.8. The normalized spacial score (nSPS) is 13.6. The average molecular weight is 654 g/mol. The predicted octanol–water partition coefficient (Wildman–Crippen LogP) is 11.5. The molecule has 0 saturated heterocycles. The fourth-order valence-electron chi connectivity index (χ4n) is 6.66. The largest absolute Gasteiger partial charge is 0.394 e. The molecule has 276 valence electrons. The van der Waals surface area contributed by atoms with Gasteiger partial charge in [0.15, 0.2) is 0 Å². The third kappa shape index (κ3) is 31.9. The lowest BCUT2D eigenvalue weighted by atomic mass is 10.0. The topological polar surface area (TPSA) is 89.8 Å². The Kier molecular flexibility index (Phi) is 36.6. The summed E-state index contributed by atoms with van der Waals surface area (Å²) in [5.41, 5.74) is 0. The van der Waals surface area contributed by atoms with Crippen molar-refractivity contribution in [2.75, 3.05) is 6.61 Å². The summed E-state index contributed by atoms with van der Waals surface area (Å²) in [4.78, 5) is 12.4. The number of carbonyl (C=O) groups excluding carboxylic acids is 1. The van der Waals surface area contributed by atoms with Gasteiger partial charge in [0.05, 0.1) is 18.8 Å². The summed E-state index contributed by atoms with van der Waals surface area (Å²) in [5, 5.41) is 33.2. The molecule has 0 aliphatic rings. The van der Waals surface area contributed by atoms with Crippen LogP contribution in [0.5, 0.6) is 0 Å². The lowest BCUT2D eigenvalue weighted by Crippen LogP contribution is -2.49. The Labute approximate surface area is 287 Å². The van der Waals surface area contributed by atoms with Gasteiger partial charge in [-0.1, -0.05) is 219 Å². The molecule has 0 saturated carbocycles. The van der Waals surface area contributed by atoms with E-state index in [0.717, 1.165) is 32.1 Å². The molecular weight excluding hydrogens is 570 g/mol. The summed E-state index contributed by atoms with van der Waals surface area (Å²) >= 11 is 0. The number of nitrogens with one attached hydrogen (secondary N) is 1. The van der Waals surface area contributed by atoms with Crippen LogP contribution in [0.2, 0.25) is 0 Å². The Hall–Kier alpha value is -0.650. The molecule has 0 rings (SSSR count). The smallest absolute Gasteiger partial charge is 0.249 e. The van der Waals surface area contributed by atoms with E-state index in [2.05, 4.69) is 19.2 Å². The summed E-state index contributed by atoms with van der Waals surface area (Å²) in [6.07, 6.45) is 40.9. The number of carbonyl (C=O) groups is 1. The van der Waals surface area contributed by atoms with Crippen LogP contribution in [0.3, 0.4) is 0 Å². The van der Waals surface area contributed by atoms with E-state index in [1.54, 1.807) is 0 Å². The lowest BCUT2D eigenvalue weighted by Gasteiger charge is -2.23. The molecule has 0 radical (unpaired) electrons. The third-order valence-electron chi connectivity index (χ3n) is 9.98. The molecule has 4 N–H and O–H groups in total. The molecule has 3 atom stereocenters. The number of hydrogen-bond donors (Lipinski definition) is 4. The molecule has 0 heterocycles. The van der Waals surface area contributed by atoms with E-state index in [1.807, 2.05) is 0 Å². The zero-order valence-corrected chi connectivity index (χ0v) is 31.2. The highest BCUT2D eigenvalue weighted by molar-refractivity contribution is 5.80. The summed E-state index contributed by atoms with van der Waals surface area (Å²) in [5.74, 6) is -0.467. The van der Waals surface area contributed by atoms with Crippen molar-refractivity contribution in [1.29, 1.82) is 0 Å². The molecule has 0 bridgehead atoms. The van der Waals surface area contributed by atoms with Crippen LogP contribution in [0, 0.1) is 0 Å². The second-order valence-corrected chi connectivity index (χ2v) is 14.6. The van der Waals surface area contributed by atoms with Crippen molar-refractivity contribution in [3.05, 3.63) is 0 Å². The van der Waals surface area contributed by atoms with Crippen molar-refractivity contribution >= 4 is 5.91 Å². The van der Waals surface area contributed by atoms with Gasteiger partial charge >= 0.3 is 0 Å². The molecule has 5 nitrogen and oxygen atoms in total. The van der Waals surface area contributed by atoms with Gasteiger partial charge < -0.3 is 20.6 Å². The molecule has 5 heteroatoms. The highest BCUT2D eigenvalue weighted by Crippen LogP contribution is 2.16. The van der Waals surface area contributed by atoms with Crippen molar-refractivity contribution in [2.24, 2.45) is 0 Å². The van der Waals surface area contributed by atoms with E-state index in [4.69, 9.17) is 0 Å². The van der Waals surface area contributed by atoms with Crippen LogP contribution >= 0.6 is 0 Å². The van der Waals surface area contributed by atoms with E-state index in [-0.39, 0.29) is 6.61 Å². The van der Waals surface area contributed by atoms with Crippen LogP contribution in [-0.4, -0.2) is 46.1 Å². The first-order valence-corrected chi connectivity index (χ1v) is 20.8. The maximum Gasteiger partial charge on any atom is 0.249 e. The summed E-state index contributed by atoms with van der Waals surface area (Å²) in [6.45, 7) is 4.24. The van der Waals surface area contributed by atoms with E-state index >= 15 is 0 Å². The molecule has 0 aromatic heterocycles. The number of amides is 1. The summed E-state index contributed by atoms with van der Waals surface area (Å²) in [6, 6.07) is -0.704. The Bertz CT molecular complexity index is 601. The van der Waals surface area contributed by atoms with Crippen LogP contribution < -0.4 is 5.32 Å². The van der Waals surface area contributed by atoms with E-state index < -0.39 is 24.2 Å². The molecule has 0 fully saturated rings. The van der Waals surface area contributed by atoms with Gasteiger partial charge in [0.25, 0.3) is 0 Å². The molecule has 0 aromatic carbocycles. The van der Waals surface area contributed by atoms with Crippen LogP contribution in [0.4, 0.5) is 0 Å². The van der Waals surface area contributed by atoms with E-state index in [0.29, 0.717) is 12.8 Å². The van der Waals surface area contributed by atoms with Gasteiger partial charge in [-0.25, -0.2) is 0 Å². The zero-order valence-electron chi connectivity index (χ0n) is 31.2. The highest BCUT2D eigenvalue weighted by Gasteiger charge is 2.23. The van der Waals surface area contributed by atoms with Gasteiger partial charge in [-0.2, -0.15) is 0 Å². The SMILES string of the molecule is CCCCCCCCCCCCCCCCCCCCCC(O)C(=O)NC(CO)C(O)CCCCCCCCCCCCCCC. The van der Waals surface area contributed by atoms with Gasteiger partial charge in [-0.3, -0.25) is 4.79 Å². The zero-order chi connectivity index (χ0) is 33.8. The third-order valence-corrected chi connectivity index (χ3v) is 9.98. The maximum absolute atomic E-state index is 12.4. The Morgan fingerprint density at radius 2 is 0.696 bits per heavy atom. The highest BCUT2D eigenvalue weighted by atomic mass is 16.3. The number of hydrogen-bond acceptors (Lipinski definition) is 4. The van der Waals surface area contributed by atoms with Crippen molar-refractivity contribution < 1.29 is 20.1 Å². The Morgan fingerprint density at radius 3 is 0.978 bits per heavy atom. The number of unbranched alkanes of at least 4 members (excludes halogenated alkanes) is 30. The maximum atomic E-state index is 12.4. The quantitative estimate of drug-likeness (QED) is 0.0499. The van der Waals surface area contributed by atoms with Crippen molar-refractivity contribution in [2.45, 2.75) is 250 Å². The van der Waals surface area contributed by atoms with E-state index in [1.165, 1.54) is 173 Å². The van der Waals surface area contributed by atoms with Crippen LogP contribution in [-0.2, 0) is 4.79 Å². The Morgan fingerprint density at radius 1 is 0.435 bits per heavy atom. The monoisotopic (exact) mass is 654 g/mol. The average Bonchev–Trinajstić information content (AvgIpc) is 3.06. The molecule has 46 heavy (non-hydrogen) atoms. The molecule has 3 unspecified atom stereocenters. The van der Waals surface area contributed by atoms with Gasteiger partial charge in [0, 0.05) is 0 Å². The van der Waals surface area contributed by atoms with Crippen LogP contribution in [0.1, 0.15) is 232 Å². The number of rotatable bonds is 38. The first-order chi connectivity index (χ1) is 22.6. The fourth-order valence-corrected chi connectivity index (χ4v) is 6.66. The van der Waals surface area contributed by atoms with Gasteiger partial charge in [0.2, 0.25) is 5.91 Å². The van der Waals surface area contributed by atoms with E-state index in [9.17, 15) is 20.1 Å². The minimum absolute atomic E-state index is 0.308. The second kappa shape index (κ2) is 37.2. The van der Waals surface area contributed by atoms with Gasteiger partial charge in [-0.15, -0.1) is 0 Å². The van der Waals surface area contributed by atoms with Crippen molar-refractivity contribution in [3.63, 3.8) is 0 Å². The summed E-state index contributed by atoms with van der Waals surface area (Å²) in [7, 11) is 0. The standard InChI is InChI=1S/C41H83NO4/c1-3-5-7-9-11-13-15-17-18-19-20-21-22-24-26-28-30-32-34-36-40(45)41(46)42-38(37-43)39(44)35-33-31-29-27-25-23-16-14-12-10-8-6-4-2/h38-40,43-45H,3-37H2,1-2H3,(H,42,46). The first kappa shape index (κ1) is 45.3. The molecule has 0 aliphatic carbocycles. The second-order valence-electron chi connectivity index (χ2n) is 14.6. The molecule has 0 spiro atoms. The lowest BCUT2D eigenvalue weighted by molar-refractivity contribution is -0.131. The van der Waals surface area contributed by atoms with Crippen molar-refractivity contribution in [3.8, 4) is 0 Å².